The average Bonchev–Trinajstić information content (AvgIpc) is 2.25. The van der Waals surface area contributed by atoms with Crippen molar-refractivity contribution in [2.45, 2.75) is 13.1 Å². The van der Waals surface area contributed by atoms with Crippen LogP contribution in [0.3, 0.4) is 0 Å². The maximum absolute atomic E-state index is 12.8. The molecular weight excluding hydrogens is 235 g/mol. The third-order valence-electron chi connectivity index (χ3n) is 2.40. The van der Waals surface area contributed by atoms with Gasteiger partial charge in [0.05, 0.1) is 7.11 Å². The van der Waals surface area contributed by atoms with Crippen molar-refractivity contribution in [3.8, 4) is 5.75 Å². The Morgan fingerprint density at radius 1 is 1.35 bits per heavy atom. The summed E-state index contributed by atoms with van der Waals surface area (Å²) in [7, 11) is 2.52. The first-order valence-corrected chi connectivity index (χ1v) is 4.79. The first kappa shape index (κ1) is 13.3. The van der Waals surface area contributed by atoms with Crippen LogP contribution in [0.15, 0.2) is 12.1 Å². The van der Waals surface area contributed by atoms with E-state index in [0.717, 1.165) is 13.2 Å². The molecule has 0 radical (unpaired) electrons. The number of ether oxygens (including phenoxy) is 1. The van der Waals surface area contributed by atoms with E-state index in [-0.39, 0.29) is 16.9 Å². The van der Waals surface area contributed by atoms with E-state index in [1.165, 1.54) is 20.0 Å². The van der Waals surface area contributed by atoms with Gasteiger partial charge in [0.15, 0.2) is 0 Å². The van der Waals surface area contributed by atoms with Crippen LogP contribution in [0.1, 0.15) is 21.5 Å². The standard InChI is InChI=1S/C11H12F3NO2/c1-6-7(10(16)15-2)4-5-8(17-3)9(6)11(12,13)14/h4-5H,1-3H3,(H,15,16). The first-order valence-electron chi connectivity index (χ1n) is 4.79. The molecule has 0 aliphatic rings. The van der Waals surface area contributed by atoms with Gasteiger partial charge in [-0.25, -0.2) is 0 Å². The molecule has 0 heterocycles. The minimum absolute atomic E-state index is 0.0133. The molecule has 0 aliphatic heterocycles. The van der Waals surface area contributed by atoms with E-state index in [1.807, 2.05) is 0 Å². The number of amides is 1. The van der Waals surface area contributed by atoms with E-state index in [1.54, 1.807) is 0 Å². The molecule has 0 fully saturated rings. The third-order valence-corrected chi connectivity index (χ3v) is 2.40. The third kappa shape index (κ3) is 2.51. The number of benzene rings is 1. The zero-order valence-electron chi connectivity index (χ0n) is 9.61. The average molecular weight is 247 g/mol. The van der Waals surface area contributed by atoms with Crippen LogP contribution in [0.2, 0.25) is 0 Å². The second kappa shape index (κ2) is 4.65. The fourth-order valence-electron chi connectivity index (χ4n) is 1.59. The molecular formula is C11H12F3NO2. The van der Waals surface area contributed by atoms with Crippen LogP contribution in [0.5, 0.6) is 5.75 Å². The molecule has 3 nitrogen and oxygen atoms in total. The normalized spacial score (nSPS) is 11.2. The van der Waals surface area contributed by atoms with E-state index in [2.05, 4.69) is 10.1 Å². The summed E-state index contributed by atoms with van der Waals surface area (Å²) in [5.41, 5.74) is -1.07. The molecule has 0 unspecified atom stereocenters. The Hall–Kier alpha value is -1.72. The summed E-state index contributed by atoms with van der Waals surface area (Å²) in [6.45, 7) is 1.25. The largest absolute Gasteiger partial charge is 0.496 e. The van der Waals surface area contributed by atoms with Crippen molar-refractivity contribution < 1.29 is 22.7 Å². The molecule has 1 aromatic carbocycles. The van der Waals surface area contributed by atoms with Crippen LogP contribution in [0.25, 0.3) is 0 Å². The van der Waals surface area contributed by atoms with Crippen molar-refractivity contribution in [3.05, 3.63) is 28.8 Å². The summed E-state index contributed by atoms with van der Waals surface area (Å²) in [6, 6.07) is 2.45. The Bertz CT molecular complexity index is 441. The molecule has 0 aliphatic carbocycles. The quantitative estimate of drug-likeness (QED) is 0.871. The summed E-state index contributed by atoms with van der Waals surface area (Å²) in [5.74, 6) is -0.849. The topological polar surface area (TPSA) is 38.3 Å². The first-order chi connectivity index (χ1) is 7.82. The minimum Gasteiger partial charge on any atom is -0.496 e. The second-order valence-electron chi connectivity index (χ2n) is 3.39. The van der Waals surface area contributed by atoms with E-state index >= 15 is 0 Å². The monoisotopic (exact) mass is 247 g/mol. The van der Waals surface area contributed by atoms with E-state index in [4.69, 9.17) is 0 Å². The predicted molar refractivity (Wildman–Crippen MR) is 56.1 cm³/mol. The molecule has 1 N–H and O–H groups in total. The fraction of sp³-hybridized carbons (Fsp3) is 0.364. The number of hydrogen-bond donors (Lipinski definition) is 1. The highest BCUT2D eigenvalue weighted by molar-refractivity contribution is 5.96. The van der Waals surface area contributed by atoms with Crippen LogP contribution in [0, 0.1) is 6.92 Å². The summed E-state index contributed by atoms with van der Waals surface area (Å²) in [4.78, 5) is 11.4. The summed E-state index contributed by atoms with van der Waals surface area (Å²) in [6.07, 6.45) is -4.56. The van der Waals surface area contributed by atoms with Crippen LogP contribution < -0.4 is 10.1 Å². The zero-order chi connectivity index (χ0) is 13.2. The molecule has 1 amide bonds. The molecule has 17 heavy (non-hydrogen) atoms. The van der Waals surface area contributed by atoms with Gasteiger partial charge in [-0.05, 0) is 24.6 Å². The van der Waals surface area contributed by atoms with Gasteiger partial charge in [-0.15, -0.1) is 0 Å². The van der Waals surface area contributed by atoms with Gasteiger partial charge in [0.25, 0.3) is 5.91 Å². The van der Waals surface area contributed by atoms with Crippen molar-refractivity contribution in [1.82, 2.24) is 5.32 Å². The molecule has 0 bridgehead atoms. The van der Waals surface area contributed by atoms with Gasteiger partial charge >= 0.3 is 6.18 Å². The summed E-state index contributed by atoms with van der Waals surface area (Å²) < 4.78 is 43.2. The second-order valence-corrected chi connectivity index (χ2v) is 3.39. The molecule has 0 aromatic heterocycles. The number of nitrogens with one attached hydrogen (secondary N) is 1. The van der Waals surface area contributed by atoms with Crippen LogP contribution in [-0.4, -0.2) is 20.1 Å². The van der Waals surface area contributed by atoms with Gasteiger partial charge < -0.3 is 10.1 Å². The number of carbonyl (C=O) groups excluding carboxylic acids is 1. The predicted octanol–water partition coefficient (Wildman–Crippen LogP) is 2.38. The lowest BCUT2D eigenvalue weighted by Crippen LogP contribution is -2.21. The lowest BCUT2D eigenvalue weighted by molar-refractivity contribution is -0.139. The van der Waals surface area contributed by atoms with E-state index in [9.17, 15) is 18.0 Å². The van der Waals surface area contributed by atoms with Gasteiger partial charge in [0.1, 0.15) is 11.3 Å². The molecule has 0 saturated carbocycles. The lowest BCUT2D eigenvalue weighted by Gasteiger charge is -2.16. The van der Waals surface area contributed by atoms with Gasteiger partial charge in [0.2, 0.25) is 0 Å². The van der Waals surface area contributed by atoms with Gasteiger partial charge in [-0.1, -0.05) is 0 Å². The van der Waals surface area contributed by atoms with Crippen molar-refractivity contribution >= 4 is 5.91 Å². The van der Waals surface area contributed by atoms with Crippen molar-refractivity contribution in [2.24, 2.45) is 0 Å². The molecule has 0 atom stereocenters. The Kier molecular flexibility index (Phi) is 3.65. The van der Waals surface area contributed by atoms with E-state index in [0.29, 0.717) is 0 Å². The number of halogens is 3. The fourth-order valence-corrected chi connectivity index (χ4v) is 1.59. The van der Waals surface area contributed by atoms with Crippen LogP contribution >= 0.6 is 0 Å². The number of rotatable bonds is 2. The highest BCUT2D eigenvalue weighted by Crippen LogP contribution is 2.39. The van der Waals surface area contributed by atoms with Crippen LogP contribution in [0.4, 0.5) is 13.2 Å². The molecule has 0 spiro atoms. The smallest absolute Gasteiger partial charge is 0.420 e. The van der Waals surface area contributed by atoms with E-state index < -0.39 is 17.6 Å². The van der Waals surface area contributed by atoms with Crippen molar-refractivity contribution in [3.63, 3.8) is 0 Å². The van der Waals surface area contributed by atoms with Crippen molar-refractivity contribution in [1.29, 1.82) is 0 Å². The number of carbonyl (C=O) groups is 1. The minimum atomic E-state index is -4.56. The zero-order valence-corrected chi connectivity index (χ0v) is 9.61. The Balaban J connectivity index is 3.49. The number of alkyl halides is 3. The molecule has 94 valence electrons. The number of methoxy groups -OCH3 is 1. The Morgan fingerprint density at radius 2 is 1.94 bits per heavy atom. The van der Waals surface area contributed by atoms with Gasteiger partial charge in [0, 0.05) is 12.6 Å². The molecule has 1 rings (SSSR count). The molecule has 6 heteroatoms. The molecule has 1 aromatic rings. The number of hydrogen-bond acceptors (Lipinski definition) is 2. The Morgan fingerprint density at radius 3 is 2.35 bits per heavy atom. The highest BCUT2D eigenvalue weighted by Gasteiger charge is 2.37. The van der Waals surface area contributed by atoms with Crippen molar-refractivity contribution in [2.75, 3.05) is 14.2 Å². The van der Waals surface area contributed by atoms with Gasteiger partial charge in [-0.3, -0.25) is 4.79 Å². The summed E-state index contributed by atoms with van der Waals surface area (Å²) >= 11 is 0. The van der Waals surface area contributed by atoms with Crippen LogP contribution in [-0.2, 0) is 6.18 Å². The SMILES string of the molecule is CNC(=O)c1ccc(OC)c(C(F)(F)F)c1C. The summed E-state index contributed by atoms with van der Waals surface area (Å²) in [5, 5.41) is 2.29. The Labute approximate surface area is 96.6 Å². The maximum atomic E-state index is 12.8. The van der Waals surface area contributed by atoms with Gasteiger partial charge in [-0.2, -0.15) is 13.2 Å². The maximum Gasteiger partial charge on any atom is 0.420 e. The lowest BCUT2D eigenvalue weighted by atomic mass is 10.00. The highest BCUT2D eigenvalue weighted by atomic mass is 19.4. The molecule has 0 saturated heterocycles.